The van der Waals surface area contributed by atoms with Crippen molar-refractivity contribution in [2.45, 2.75) is 24.1 Å². The van der Waals surface area contributed by atoms with Gasteiger partial charge in [-0.1, -0.05) is 48.4 Å². The van der Waals surface area contributed by atoms with Gasteiger partial charge in [0.2, 0.25) is 9.47 Å². The molecule has 0 aliphatic carbocycles. The largest absolute Gasteiger partial charge is 0.492 e. The second-order valence-corrected chi connectivity index (χ2v) is 9.83. The molecule has 0 bridgehead atoms. The van der Waals surface area contributed by atoms with Gasteiger partial charge in [-0.25, -0.2) is 13.1 Å². The Bertz CT molecular complexity index is 1120. The zero-order chi connectivity index (χ0) is 22.3. The smallest absolute Gasteiger partial charge is 0.269 e. The normalized spacial score (nSPS) is 11.3. The molecule has 1 aromatic heterocycles. The number of ether oxygens (including phenoxy) is 1. The molecular formula is C20H21ClN4O4S2. The topological polar surface area (TPSA) is 110 Å². The van der Waals surface area contributed by atoms with E-state index in [0.717, 1.165) is 24.2 Å². The summed E-state index contributed by atoms with van der Waals surface area (Å²) in [4.78, 5) is 12.2. The van der Waals surface area contributed by atoms with Crippen molar-refractivity contribution in [1.82, 2.24) is 14.9 Å². The van der Waals surface area contributed by atoms with E-state index in [4.69, 9.17) is 16.3 Å². The van der Waals surface area contributed by atoms with Crippen LogP contribution in [0.4, 0.5) is 5.13 Å². The van der Waals surface area contributed by atoms with Crippen LogP contribution in [-0.4, -0.2) is 37.7 Å². The number of aryl methyl sites for hydroxylation is 1. The lowest BCUT2D eigenvalue weighted by molar-refractivity contribution is 0.102. The summed E-state index contributed by atoms with van der Waals surface area (Å²) in [6.45, 7) is 2.33. The van der Waals surface area contributed by atoms with Gasteiger partial charge in [0.25, 0.3) is 15.9 Å². The van der Waals surface area contributed by atoms with Gasteiger partial charge in [0.1, 0.15) is 12.4 Å². The molecule has 1 heterocycles. The number of anilines is 1. The lowest BCUT2D eigenvalue weighted by Gasteiger charge is -2.07. The fourth-order valence-corrected chi connectivity index (χ4v) is 4.66. The Morgan fingerprint density at radius 1 is 1.10 bits per heavy atom. The van der Waals surface area contributed by atoms with Gasteiger partial charge in [-0.15, -0.1) is 10.2 Å². The van der Waals surface area contributed by atoms with E-state index in [0.29, 0.717) is 16.3 Å². The highest BCUT2D eigenvalue weighted by Gasteiger charge is 2.20. The third-order valence-corrected chi connectivity index (χ3v) is 7.01. The SMILES string of the molecule is CCCc1ccc(OCCNS(=O)(=O)c2nnc(NC(=O)c3ccc(Cl)cc3)s2)cc1. The minimum atomic E-state index is -3.87. The van der Waals surface area contributed by atoms with Crippen LogP contribution in [0.15, 0.2) is 52.9 Å². The molecule has 31 heavy (non-hydrogen) atoms. The Morgan fingerprint density at radius 3 is 2.48 bits per heavy atom. The van der Waals surface area contributed by atoms with E-state index < -0.39 is 15.9 Å². The highest BCUT2D eigenvalue weighted by molar-refractivity contribution is 7.91. The fourth-order valence-electron chi connectivity index (χ4n) is 2.59. The Hall–Kier alpha value is -2.53. The number of nitrogens with one attached hydrogen (secondary N) is 2. The number of hydrogen-bond donors (Lipinski definition) is 2. The summed E-state index contributed by atoms with van der Waals surface area (Å²) in [5.41, 5.74) is 1.59. The van der Waals surface area contributed by atoms with Gasteiger partial charge >= 0.3 is 0 Å². The number of hydrogen-bond acceptors (Lipinski definition) is 7. The minimum absolute atomic E-state index is 0.0606. The summed E-state index contributed by atoms with van der Waals surface area (Å²) < 4.78 is 32.5. The van der Waals surface area contributed by atoms with Crippen molar-refractivity contribution in [3.63, 3.8) is 0 Å². The van der Waals surface area contributed by atoms with Crippen molar-refractivity contribution < 1.29 is 17.9 Å². The third-order valence-electron chi connectivity index (χ3n) is 4.09. The highest BCUT2D eigenvalue weighted by atomic mass is 35.5. The fraction of sp³-hybridized carbons (Fsp3) is 0.250. The number of carbonyl (C=O) groups is 1. The first kappa shape index (κ1) is 23.1. The predicted molar refractivity (Wildman–Crippen MR) is 120 cm³/mol. The van der Waals surface area contributed by atoms with Gasteiger partial charge < -0.3 is 4.74 Å². The lowest BCUT2D eigenvalue weighted by atomic mass is 10.1. The number of halogens is 1. The van der Waals surface area contributed by atoms with Crippen LogP contribution < -0.4 is 14.8 Å². The Morgan fingerprint density at radius 2 is 1.81 bits per heavy atom. The number of rotatable bonds is 10. The van der Waals surface area contributed by atoms with Crippen LogP contribution in [-0.2, 0) is 16.4 Å². The number of nitrogens with zero attached hydrogens (tertiary/aromatic N) is 2. The van der Waals surface area contributed by atoms with Crippen molar-refractivity contribution in [3.05, 3.63) is 64.7 Å². The number of aromatic nitrogens is 2. The molecule has 2 aromatic carbocycles. The highest BCUT2D eigenvalue weighted by Crippen LogP contribution is 2.21. The van der Waals surface area contributed by atoms with Crippen LogP contribution in [0.2, 0.25) is 5.02 Å². The number of amides is 1. The summed E-state index contributed by atoms with van der Waals surface area (Å²) in [6, 6.07) is 14.0. The molecule has 0 atom stereocenters. The van der Waals surface area contributed by atoms with Crippen LogP contribution in [0, 0.1) is 0 Å². The molecule has 11 heteroatoms. The molecule has 0 unspecified atom stereocenters. The molecule has 0 aliphatic rings. The monoisotopic (exact) mass is 480 g/mol. The van der Waals surface area contributed by atoms with Gasteiger partial charge in [-0.2, -0.15) is 0 Å². The Labute approximate surface area is 189 Å². The summed E-state index contributed by atoms with van der Waals surface area (Å²) in [6.07, 6.45) is 2.07. The third kappa shape index (κ3) is 6.73. The first-order chi connectivity index (χ1) is 14.9. The second-order valence-electron chi connectivity index (χ2n) is 6.47. The van der Waals surface area contributed by atoms with Crippen molar-refractivity contribution >= 4 is 44.0 Å². The maximum absolute atomic E-state index is 12.4. The van der Waals surface area contributed by atoms with Crippen molar-refractivity contribution in [2.24, 2.45) is 0 Å². The zero-order valence-electron chi connectivity index (χ0n) is 16.7. The van der Waals surface area contributed by atoms with Crippen LogP contribution >= 0.6 is 22.9 Å². The van der Waals surface area contributed by atoms with E-state index in [9.17, 15) is 13.2 Å². The Kier molecular flexibility index (Phi) is 7.97. The van der Waals surface area contributed by atoms with Crippen LogP contribution in [0.5, 0.6) is 5.75 Å². The van der Waals surface area contributed by atoms with E-state index in [2.05, 4.69) is 27.2 Å². The predicted octanol–water partition coefficient (Wildman–Crippen LogP) is 3.75. The average Bonchev–Trinajstić information content (AvgIpc) is 3.22. The standard InChI is InChI=1S/C20H21ClN4O4S2/c1-2-3-14-4-10-17(11-5-14)29-13-12-22-31(27,28)20-25-24-19(30-20)23-18(26)15-6-8-16(21)9-7-15/h4-11,22H,2-3,12-13H2,1H3,(H,23,24,26). The van der Waals surface area contributed by atoms with E-state index >= 15 is 0 Å². The van der Waals surface area contributed by atoms with Gasteiger partial charge in [0.05, 0.1) is 0 Å². The first-order valence-electron chi connectivity index (χ1n) is 9.49. The summed E-state index contributed by atoms with van der Waals surface area (Å²) in [5.74, 6) is 0.227. The molecule has 0 fully saturated rings. The molecule has 3 rings (SSSR count). The van der Waals surface area contributed by atoms with E-state index in [1.54, 1.807) is 24.3 Å². The molecule has 0 saturated heterocycles. The summed E-state index contributed by atoms with van der Waals surface area (Å²) in [7, 11) is -3.87. The lowest BCUT2D eigenvalue weighted by Crippen LogP contribution is -2.28. The van der Waals surface area contributed by atoms with Crippen LogP contribution in [0.3, 0.4) is 0 Å². The molecule has 0 radical (unpaired) electrons. The van der Waals surface area contributed by atoms with Crippen molar-refractivity contribution in [1.29, 1.82) is 0 Å². The number of carbonyl (C=O) groups excluding carboxylic acids is 1. The van der Waals surface area contributed by atoms with Gasteiger partial charge in [-0.3, -0.25) is 10.1 Å². The van der Waals surface area contributed by atoms with Crippen molar-refractivity contribution in [2.75, 3.05) is 18.5 Å². The number of benzene rings is 2. The van der Waals surface area contributed by atoms with Gasteiger partial charge in [0, 0.05) is 17.1 Å². The average molecular weight is 481 g/mol. The molecule has 1 amide bonds. The molecule has 164 valence electrons. The molecule has 0 saturated carbocycles. The summed E-state index contributed by atoms with van der Waals surface area (Å²) in [5, 5.41) is 10.5. The van der Waals surface area contributed by atoms with Gasteiger partial charge in [0.15, 0.2) is 0 Å². The zero-order valence-corrected chi connectivity index (χ0v) is 19.1. The minimum Gasteiger partial charge on any atom is -0.492 e. The van der Waals surface area contributed by atoms with Crippen molar-refractivity contribution in [3.8, 4) is 5.75 Å². The maximum atomic E-state index is 12.4. The number of sulfonamides is 1. The maximum Gasteiger partial charge on any atom is 0.269 e. The van der Waals surface area contributed by atoms with Crippen LogP contribution in [0.1, 0.15) is 29.3 Å². The molecular weight excluding hydrogens is 460 g/mol. The quantitative estimate of drug-likeness (QED) is 0.337. The second kappa shape index (κ2) is 10.7. The van der Waals surface area contributed by atoms with Crippen LogP contribution in [0.25, 0.3) is 0 Å². The van der Waals surface area contributed by atoms with E-state index in [-0.39, 0.29) is 22.6 Å². The summed E-state index contributed by atoms with van der Waals surface area (Å²) >= 11 is 6.56. The molecule has 2 N–H and O–H groups in total. The molecule has 8 nitrogen and oxygen atoms in total. The molecule has 3 aromatic rings. The van der Waals surface area contributed by atoms with E-state index in [1.165, 1.54) is 5.56 Å². The molecule has 0 aliphatic heterocycles. The first-order valence-corrected chi connectivity index (χ1v) is 12.2. The molecule has 0 spiro atoms. The Balaban J connectivity index is 1.49. The van der Waals surface area contributed by atoms with E-state index in [1.807, 2.05) is 24.3 Å². The van der Waals surface area contributed by atoms with Gasteiger partial charge in [-0.05, 0) is 48.4 Å².